The van der Waals surface area contributed by atoms with Crippen LogP contribution in [0.15, 0.2) is 0 Å². The van der Waals surface area contributed by atoms with Crippen molar-refractivity contribution in [3.63, 3.8) is 0 Å². The van der Waals surface area contributed by atoms with E-state index in [1.54, 1.807) is 11.8 Å². The summed E-state index contributed by atoms with van der Waals surface area (Å²) in [6.45, 7) is 5.55. The van der Waals surface area contributed by atoms with Crippen LogP contribution in [0.5, 0.6) is 0 Å². The van der Waals surface area contributed by atoms with Gasteiger partial charge in [0.1, 0.15) is 4.32 Å². The SMILES string of the molecule is CCSC(C)N1CCSC1=S. The van der Waals surface area contributed by atoms with Crippen molar-refractivity contribution in [2.45, 2.75) is 19.2 Å². The summed E-state index contributed by atoms with van der Waals surface area (Å²) in [6.07, 6.45) is 0. The van der Waals surface area contributed by atoms with Gasteiger partial charge in [0.15, 0.2) is 0 Å². The number of hydrogen-bond acceptors (Lipinski definition) is 3. The van der Waals surface area contributed by atoms with Gasteiger partial charge in [-0.25, -0.2) is 0 Å². The van der Waals surface area contributed by atoms with E-state index in [1.165, 1.54) is 11.5 Å². The number of hydrogen-bond donors (Lipinski definition) is 0. The Labute approximate surface area is 82.3 Å². The van der Waals surface area contributed by atoms with Crippen LogP contribution < -0.4 is 0 Å². The summed E-state index contributed by atoms with van der Waals surface area (Å²) >= 11 is 8.97. The molecule has 0 amide bonds. The van der Waals surface area contributed by atoms with E-state index < -0.39 is 0 Å². The molecule has 0 saturated carbocycles. The van der Waals surface area contributed by atoms with E-state index in [9.17, 15) is 0 Å². The zero-order valence-corrected chi connectivity index (χ0v) is 9.32. The van der Waals surface area contributed by atoms with Crippen molar-refractivity contribution in [2.24, 2.45) is 0 Å². The number of nitrogens with zero attached hydrogens (tertiary/aromatic N) is 1. The molecule has 1 unspecified atom stereocenters. The summed E-state index contributed by atoms with van der Waals surface area (Å²) in [4.78, 5) is 2.31. The van der Waals surface area contributed by atoms with Crippen LogP contribution >= 0.6 is 35.7 Å². The molecule has 1 fully saturated rings. The fourth-order valence-corrected chi connectivity index (χ4v) is 3.45. The molecule has 1 nitrogen and oxygen atoms in total. The van der Waals surface area contributed by atoms with E-state index in [0.29, 0.717) is 5.37 Å². The lowest BCUT2D eigenvalue weighted by molar-refractivity contribution is 0.463. The van der Waals surface area contributed by atoms with Crippen LogP contribution in [0.4, 0.5) is 0 Å². The molecule has 1 heterocycles. The van der Waals surface area contributed by atoms with Gasteiger partial charge in [-0.2, -0.15) is 0 Å². The third-order valence-electron chi connectivity index (χ3n) is 1.64. The Bertz CT molecular complexity index is 149. The molecule has 0 radical (unpaired) electrons. The molecule has 4 heteroatoms. The second-order valence-electron chi connectivity index (χ2n) is 2.36. The van der Waals surface area contributed by atoms with Crippen molar-refractivity contribution in [3.8, 4) is 0 Å². The van der Waals surface area contributed by atoms with Crippen LogP contribution in [0.2, 0.25) is 0 Å². The first-order valence-corrected chi connectivity index (χ1v) is 6.25. The maximum atomic E-state index is 5.21. The Morgan fingerprint density at radius 3 is 3.00 bits per heavy atom. The highest BCUT2D eigenvalue weighted by Gasteiger charge is 2.21. The molecule has 1 rings (SSSR count). The lowest BCUT2D eigenvalue weighted by atomic mass is 10.6. The Morgan fingerprint density at radius 2 is 2.55 bits per heavy atom. The van der Waals surface area contributed by atoms with Crippen molar-refractivity contribution in [3.05, 3.63) is 0 Å². The van der Waals surface area contributed by atoms with Gasteiger partial charge in [0.25, 0.3) is 0 Å². The summed E-state index contributed by atoms with van der Waals surface area (Å²) < 4.78 is 1.08. The predicted octanol–water partition coefficient (Wildman–Crippen LogP) is 2.42. The minimum atomic E-state index is 0.572. The van der Waals surface area contributed by atoms with E-state index in [1.807, 2.05) is 11.8 Å². The second kappa shape index (κ2) is 4.58. The summed E-state index contributed by atoms with van der Waals surface area (Å²) in [7, 11) is 0. The highest BCUT2D eigenvalue weighted by atomic mass is 32.2. The Balaban J connectivity index is 2.39. The first kappa shape index (κ1) is 9.68. The first-order chi connectivity index (χ1) is 5.25. The Kier molecular flexibility index (Phi) is 4.02. The summed E-state index contributed by atoms with van der Waals surface area (Å²) in [5, 5.41) is 0.572. The average molecular weight is 207 g/mol. The van der Waals surface area contributed by atoms with Crippen LogP contribution in [-0.2, 0) is 0 Å². The molecule has 0 bridgehead atoms. The highest BCUT2D eigenvalue weighted by molar-refractivity contribution is 8.23. The molecule has 0 spiro atoms. The van der Waals surface area contributed by atoms with E-state index in [2.05, 4.69) is 18.7 Å². The molecule has 0 aromatic carbocycles. The average Bonchev–Trinajstić information content (AvgIpc) is 2.36. The van der Waals surface area contributed by atoms with Gasteiger partial charge < -0.3 is 4.90 Å². The quantitative estimate of drug-likeness (QED) is 0.654. The molecule has 0 N–H and O–H groups in total. The molecule has 0 aromatic heterocycles. The van der Waals surface area contributed by atoms with Crippen molar-refractivity contribution in [2.75, 3.05) is 18.1 Å². The zero-order chi connectivity index (χ0) is 8.27. The molecule has 64 valence electrons. The summed E-state index contributed by atoms with van der Waals surface area (Å²) in [5.41, 5.74) is 0. The van der Waals surface area contributed by atoms with Gasteiger partial charge in [0, 0.05) is 12.3 Å². The largest absolute Gasteiger partial charge is 0.345 e. The molecule has 1 atom stereocenters. The van der Waals surface area contributed by atoms with Gasteiger partial charge >= 0.3 is 0 Å². The molecular weight excluding hydrogens is 194 g/mol. The van der Waals surface area contributed by atoms with E-state index in [0.717, 1.165) is 10.9 Å². The van der Waals surface area contributed by atoms with Crippen LogP contribution in [0.3, 0.4) is 0 Å². The number of rotatable bonds is 3. The van der Waals surface area contributed by atoms with E-state index >= 15 is 0 Å². The third-order valence-corrected chi connectivity index (χ3v) is 4.17. The predicted molar refractivity (Wildman–Crippen MR) is 59.4 cm³/mol. The maximum Gasteiger partial charge on any atom is 0.137 e. The molecule has 0 aromatic rings. The second-order valence-corrected chi connectivity index (χ2v) is 5.68. The molecule has 1 aliphatic heterocycles. The van der Waals surface area contributed by atoms with Crippen molar-refractivity contribution in [1.82, 2.24) is 4.90 Å². The lowest BCUT2D eigenvalue weighted by Gasteiger charge is -2.23. The smallest absolute Gasteiger partial charge is 0.137 e. The molecular formula is C7H13NS3. The molecule has 1 saturated heterocycles. The molecule has 11 heavy (non-hydrogen) atoms. The van der Waals surface area contributed by atoms with Crippen molar-refractivity contribution in [1.29, 1.82) is 0 Å². The number of thiocarbonyl (C=S) groups is 1. The van der Waals surface area contributed by atoms with Crippen molar-refractivity contribution >= 4 is 40.1 Å². The zero-order valence-electron chi connectivity index (χ0n) is 6.87. The summed E-state index contributed by atoms with van der Waals surface area (Å²) in [5.74, 6) is 2.35. The number of thioether (sulfide) groups is 2. The van der Waals surface area contributed by atoms with Crippen LogP contribution in [-0.4, -0.2) is 32.6 Å². The van der Waals surface area contributed by atoms with Crippen LogP contribution in [0, 0.1) is 0 Å². The fourth-order valence-electron chi connectivity index (χ4n) is 1.07. The normalized spacial score (nSPS) is 20.9. The summed E-state index contributed by atoms with van der Waals surface area (Å²) in [6, 6.07) is 0. The maximum absolute atomic E-state index is 5.21. The molecule has 1 aliphatic rings. The Morgan fingerprint density at radius 1 is 1.82 bits per heavy atom. The first-order valence-electron chi connectivity index (χ1n) is 3.80. The minimum absolute atomic E-state index is 0.572. The van der Waals surface area contributed by atoms with Gasteiger partial charge in [-0.1, -0.05) is 30.9 Å². The van der Waals surface area contributed by atoms with Crippen LogP contribution in [0.25, 0.3) is 0 Å². The molecule has 0 aliphatic carbocycles. The highest BCUT2D eigenvalue weighted by Crippen LogP contribution is 2.25. The van der Waals surface area contributed by atoms with Gasteiger partial charge in [0.2, 0.25) is 0 Å². The van der Waals surface area contributed by atoms with Gasteiger partial charge in [0.05, 0.1) is 5.37 Å². The van der Waals surface area contributed by atoms with Crippen LogP contribution in [0.1, 0.15) is 13.8 Å². The van der Waals surface area contributed by atoms with E-state index in [-0.39, 0.29) is 0 Å². The third kappa shape index (κ3) is 2.53. The monoisotopic (exact) mass is 207 g/mol. The van der Waals surface area contributed by atoms with Gasteiger partial charge in [-0.05, 0) is 12.7 Å². The Hall–Kier alpha value is 0.590. The van der Waals surface area contributed by atoms with E-state index in [4.69, 9.17) is 12.2 Å². The lowest BCUT2D eigenvalue weighted by Crippen LogP contribution is -2.30. The van der Waals surface area contributed by atoms with Gasteiger partial charge in [-0.15, -0.1) is 11.8 Å². The van der Waals surface area contributed by atoms with Crippen molar-refractivity contribution < 1.29 is 0 Å². The standard InChI is InChI=1S/C7H13NS3/c1-3-10-6(2)8-4-5-11-7(8)9/h6H,3-5H2,1-2H3. The fraction of sp³-hybridized carbons (Fsp3) is 0.857. The minimum Gasteiger partial charge on any atom is -0.345 e. The van der Waals surface area contributed by atoms with Gasteiger partial charge in [-0.3, -0.25) is 0 Å². The topological polar surface area (TPSA) is 3.24 Å².